The zero-order valence-corrected chi connectivity index (χ0v) is 14.4. The molecule has 3 rings (SSSR count). The number of hydrogen-bond acceptors (Lipinski definition) is 6. The molecule has 1 saturated heterocycles. The first kappa shape index (κ1) is 16.9. The molecule has 1 aliphatic rings. The van der Waals surface area contributed by atoms with Gasteiger partial charge in [-0.05, 0) is 12.5 Å². The number of aromatic nitrogens is 3. The van der Waals surface area contributed by atoms with Gasteiger partial charge in [-0.1, -0.05) is 6.07 Å². The first-order chi connectivity index (χ1) is 11.6. The Bertz CT molecular complexity index is 738. The van der Waals surface area contributed by atoms with Crippen LogP contribution in [0.2, 0.25) is 0 Å². The van der Waals surface area contributed by atoms with Gasteiger partial charge in [-0.2, -0.15) is 4.31 Å². The van der Waals surface area contributed by atoms with Crippen molar-refractivity contribution in [3.05, 3.63) is 36.4 Å². The van der Waals surface area contributed by atoms with Crippen LogP contribution >= 0.6 is 0 Å². The normalized spacial score (nSPS) is 17.0. The first-order valence-electron chi connectivity index (χ1n) is 7.88. The van der Waals surface area contributed by atoms with Crippen LogP contribution in [0.3, 0.4) is 0 Å². The highest BCUT2D eigenvalue weighted by molar-refractivity contribution is 7.89. The third-order valence-corrected chi connectivity index (χ3v) is 5.74. The van der Waals surface area contributed by atoms with E-state index in [0.717, 1.165) is 12.1 Å². The Hall–Kier alpha value is -1.97. The fourth-order valence-corrected chi connectivity index (χ4v) is 3.97. The molecule has 1 fully saturated rings. The monoisotopic (exact) mass is 351 g/mol. The molecular formula is C15H21N5O3S. The van der Waals surface area contributed by atoms with Crippen molar-refractivity contribution in [3.63, 3.8) is 0 Å². The predicted molar refractivity (Wildman–Crippen MR) is 88.0 cm³/mol. The highest BCUT2D eigenvalue weighted by Gasteiger charge is 2.29. The molecule has 0 aromatic carbocycles. The number of sulfonamides is 1. The van der Waals surface area contributed by atoms with Gasteiger partial charge in [0.2, 0.25) is 5.88 Å². The lowest BCUT2D eigenvalue weighted by atomic mass is 10.2. The molecular weight excluding hydrogens is 330 g/mol. The van der Waals surface area contributed by atoms with E-state index in [1.807, 2.05) is 19.1 Å². The fourth-order valence-electron chi connectivity index (χ4n) is 2.65. The number of rotatable bonds is 6. The molecule has 8 nitrogen and oxygen atoms in total. The van der Waals surface area contributed by atoms with E-state index in [2.05, 4.69) is 19.9 Å². The number of hydrogen-bond donors (Lipinski definition) is 1. The second kappa shape index (κ2) is 7.29. The maximum atomic E-state index is 12.4. The maximum Gasteiger partial charge on any atom is 0.260 e. The number of H-pyrrole nitrogens is 1. The minimum absolute atomic E-state index is 0.145. The van der Waals surface area contributed by atoms with Crippen molar-refractivity contribution in [2.75, 3.05) is 32.8 Å². The molecule has 0 amide bonds. The Labute approximate surface area is 141 Å². The van der Waals surface area contributed by atoms with Gasteiger partial charge in [-0.15, -0.1) is 0 Å². The van der Waals surface area contributed by atoms with Gasteiger partial charge < -0.3 is 9.72 Å². The number of pyridine rings is 1. The second-order valence-electron chi connectivity index (χ2n) is 5.53. The Balaban J connectivity index is 1.55. The zero-order valence-electron chi connectivity index (χ0n) is 13.6. The molecule has 0 radical (unpaired) electrons. The standard InChI is InChI=1S/C15H21N5O3S/c1-2-23-14-4-3-13(9-17-14)11-19-5-7-20(8-6-19)24(21,22)15-10-16-12-18-15/h3-4,9-10,12H,2,5-8,11H2,1H3,(H,16,18). The second-order valence-corrected chi connectivity index (χ2v) is 7.44. The highest BCUT2D eigenvalue weighted by atomic mass is 32.2. The van der Waals surface area contributed by atoms with E-state index in [-0.39, 0.29) is 5.03 Å². The number of piperazine rings is 1. The Morgan fingerprint density at radius 3 is 2.58 bits per heavy atom. The average molecular weight is 351 g/mol. The molecule has 0 unspecified atom stereocenters. The van der Waals surface area contributed by atoms with E-state index in [9.17, 15) is 8.42 Å². The SMILES string of the molecule is CCOc1ccc(CN2CCN(S(=O)(=O)c3cnc[nH]3)CC2)cn1. The summed E-state index contributed by atoms with van der Waals surface area (Å²) in [6.07, 6.45) is 4.52. The summed E-state index contributed by atoms with van der Waals surface area (Å²) in [5, 5.41) is 0.145. The van der Waals surface area contributed by atoms with Crippen LogP contribution in [0.1, 0.15) is 12.5 Å². The van der Waals surface area contributed by atoms with Crippen LogP contribution in [0.5, 0.6) is 5.88 Å². The molecule has 1 N–H and O–H groups in total. The van der Waals surface area contributed by atoms with Crippen molar-refractivity contribution in [3.8, 4) is 5.88 Å². The van der Waals surface area contributed by atoms with Crippen LogP contribution in [0.15, 0.2) is 35.9 Å². The molecule has 0 spiro atoms. The van der Waals surface area contributed by atoms with Crippen molar-refractivity contribution in [2.24, 2.45) is 0 Å². The van der Waals surface area contributed by atoms with Crippen molar-refractivity contribution >= 4 is 10.0 Å². The van der Waals surface area contributed by atoms with Crippen LogP contribution in [-0.4, -0.2) is 65.4 Å². The largest absolute Gasteiger partial charge is 0.478 e. The Morgan fingerprint density at radius 2 is 2.00 bits per heavy atom. The summed E-state index contributed by atoms with van der Waals surface area (Å²) in [5.74, 6) is 0.622. The van der Waals surface area contributed by atoms with E-state index in [1.165, 1.54) is 16.8 Å². The van der Waals surface area contributed by atoms with E-state index in [1.54, 1.807) is 6.20 Å². The van der Waals surface area contributed by atoms with Gasteiger partial charge in [0.15, 0.2) is 5.03 Å². The topological polar surface area (TPSA) is 91.4 Å². The van der Waals surface area contributed by atoms with Gasteiger partial charge >= 0.3 is 0 Å². The number of ether oxygens (including phenoxy) is 1. The number of nitrogens with one attached hydrogen (secondary N) is 1. The molecule has 9 heteroatoms. The van der Waals surface area contributed by atoms with Gasteiger partial charge in [0, 0.05) is 45.0 Å². The average Bonchev–Trinajstić information content (AvgIpc) is 3.13. The Morgan fingerprint density at radius 1 is 1.21 bits per heavy atom. The minimum atomic E-state index is -3.47. The van der Waals surface area contributed by atoms with Crippen LogP contribution in [0.25, 0.3) is 0 Å². The van der Waals surface area contributed by atoms with E-state index >= 15 is 0 Å². The quantitative estimate of drug-likeness (QED) is 0.824. The summed E-state index contributed by atoms with van der Waals surface area (Å²) in [4.78, 5) is 12.9. The lowest BCUT2D eigenvalue weighted by Gasteiger charge is -2.33. The summed E-state index contributed by atoms with van der Waals surface area (Å²) >= 11 is 0. The van der Waals surface area contributed by atoms with Gasteiger partial charge in [0.1, 0.15) is 0 Å². The van der Waals surface area contributed by atoms with Crippen molar-refractivity contribution in [1.82, 2.24) is 24.2 Å². The zero-order chi connectivity index (χ0) is 17.0. The van der Waals surface area contributed by atoms with Crippen molar-refractivity contribution in [2.45, 2.75) is 18.5 Å². The van der Waals surface area contributed by atoms with E-state index in [4.69, 9.17) is 4.74 Å². The summed E-state index contributed by atoms with van der Waals surface area (Å²) in [5.41, 5.74) is 1.09. The molecule has 0 saturated carbocycles. The predicted octanol–water partition coefficient (Wildman–Crippen LogP) is 0.710. The number of imidazole rings is 1. The molecule has 130 valence electrons. The van der Waals surface area contributed by atoms with E-state index in [0.29, 0.717) is 38.7 Å². The van der Waals surface area contributed by atoms with Crippen LogP contribution in [0.4, 0.5) is 0 Å². The lowest BCUT2D eigenvalue weighted by molar-refractivity contribution is 0.181. The van der Waals surface area contributed by atoms with E-state index < -0.39 is 10.0 Å². The third kappa shape index (κ3) is 3.74. The first-order valence-corrected chi connectivity index (χ1v) is 9.32. The smallest absolute Gasteiger partial charge is 0.260 e. The summed E-state index contributed by atoms with van der Waals surface area (Å²) in [6.45, 7) is 5.56. The number of aromatic amines is 1. The summed E-state index contributed by atoms with van der Waals surface area (Å²) in [7, 11) is -3.47. The maximum absolute atomic E-state index is 12.4. The van der Waals surface area contributed by atoms with Gasteiger partial charge in [-0.25, -0.2) is 18.4 Å². The highest BCUT2D eigenvalue weighted by Crippen LogP contribution is 2.16. The van der Waals surface area contributed by atoms with Crippen molar-refractivity contribution < 1.29 is 13.2 Å². The third-order valence-electron chi connectivity index (χ3n) is 3.92. The molecule has 0 aliphatic carbocycles. The van der Waals surface area contributed by atoms with Crippen LogP contribution in [-0.2, 0) is 16.6 Å². The van der Waals surface area contributed by atoms with Crippen LogP contribution in [0, 0.1) is 0 Å². The fraction of sp³-hybridized carbons (Fsp3) is 0.467. The number of nitrogens with zero attached hydrogens (tertiary/aromatic N) is 4. The minimum Gasteiger partial charge on any atom is -0.478 e. The van der Waals surface area contributed by atoms with Gasteiger partial charge in [-0.3, -0.25) is 4.90 Å². The molecule has 0 bridgehead atoms. The van der Waals surface area contributed by atoms with Crippen molar-refractivity contribution in [1.29, 1.82) is 0 Å². The molecule has 3 heterocycles. The molecule has 2 aromatic rings. The van der Waals surface area contributed by atoms with Gasteiger partial charge in [0.05, 0.1) is 19.1 Å². The molecule has 24 heavy (non-hydrogen) atoms. The molecule has 0 atom stereocenters. The van der Waals surface area contributed by atoms with Crippen LogP contribution < -0.4 is 4.74 Å². The van der Waals surface area contributed by atoms with Gasteiger partial charge in [0.25, 0.3) is 10.0 Å². The summed E-state index contributed by atoms with van der Waals surface area (Å²) in [6, 6.07) is 3.85. The Kier molecular flexibility index (Phi) is 5.12. The summed E-state index contributed by atoms with van der Waals surface area (Å²) < 4.78 is 31.7. The lowest BCUT2D eigenvalue weighted by Crippen LogP contribution is -2.48. The molecule has 2 aromatic heterocycles. The molecule has 1 aliphatic heterocycles.